The molecule has 98 valence electrons. The second kappa shape index (κ2) is 5.74. The zero-order valence-corrected chi connectivity index (χ0v) is 10.8. The molecule has 0 atom stereocenters. The topological polar surface area (TPSA) is 89.5 Å². The molecule has 0 radical (unpaired) electrons. The minimum absolute atomic E-state index is 0.0382. The molecule has 18 heavy (non-hydrogen) atoms. The van der Waals surface area contributed by atoms with E-state index in [1.54, 1.807) is 12.1 Å². The zero-order valence-electron chi connectivity index (χ0n) is 9.97. The summed E-state index contributed by atoms with van der Waals surface area (Å²) in [5.74, 6) is -1.38. The Labute approximate surface area is 105 Å². The van der Waals surface area contributed by atoms with E-state index in [1.165, 1.54) is 12.1 Å². The van der Waals surface area contributed by atoms with Gasteiger partial charge in [-0.2, -0.15) is 8.42 Å². The zero-order chi connectivity index (χ0) is 13.8. The van der Waals surface area contributed by atoms with E-state index in [2.05, 4.69) is 4.18 Å². The van der Waals surface area contributed by atoms with Crippen LogP contribution in [0.5, 0.6) is 0 Å². The van der Waals surface area contributed by atoms with Crippen LogP contribution in [0.25, 0.3) is 0 Å². The van der Waals surface area contributed by atoms with Crippen LogP contribution in [0.1, 0.15) is 12.5 Å². The normalized spacial score (nSPS) is 11.0. The number of nitrogens with one attached hydrogen (secondary N) is 1. The van der Waals surface area contributed by atoms with Gasteiger partial charge in [-0.15, -0.1) is 0 Å². The molecular weight excluding hydrogens is 258 g/mol. The number of benzene rings is 1. The van der Waals surface area contributed by atoms with Crippen LogP contribution in [-0.2, 0) is 23.9 Å². The monoisotopic (exact) mass is 271 g/mol. The summed E-state index contributed by atoms with van der Waals surface area (Å²) in [5.41, 5.74) is 0.906. The Bertz CT molecular complexity index is 547. The average Bonchev–Trinajstić information content (AvgIpc) is 2.26. The van der Waals surface area contributed by atoms with Crippen LogP contribution in [0.3, 0.4) is 0 Å². The van der Waals surface area contributed by atoms with Crippen LogP contribution in [0, 0.1) is 6.92 Å². The molecule has 1 aromatic rings. The van der Waals surface area contributed by atoms with Gasteiger partial charge in [0.2, 0.25) is 5.91 Å². The Kier molecular flexibility index (Phi) is 4.57. The number of hydrogen-bond donors (Lipinski definition) is 1. The molecule has 7 heteroatoms. The molecule has 0 aliphatic rings. The highest BCUT2D eigenvalue weighted by molar-refractivity contribution is 7.86. The molecule has 1 N–H and O–H groups in total. The number of carbonyl (C=O) groups excluding carboxylic acids is 2. The first-order valence-corrected chi connectivity index (χ1v) is 6.48. The number of aryl methyl sites for hydroxylation is 1. The number of imide groups is 1. The van der Waals surface area contributed by atoms with Gasteiger partial charge >= 0.3 is 0 Å². The van der Waals surface area contributed by atoms with Gasteiger partial charge in [-0.3, -0.25) is 19.1 Å². The first kappa shape index (κ1) is 14.3. The van der Waals surface area contributed by atoms with Gasteiger partial charge < -0.3 is 0 Å². The third-order valence-electron chi connectivity index (χ3n) is 1.97. The average molecular weight is 271 g/mol. The summed E-state index contributed by atoms with van der Waals surface area (Å²) in [6.07, 6.45) is 0. The highest BCUT2D eigenvalue weighted by Crippen LogP contribution is 2.12. The summed E-state index contributed by atoms with van der Waals surface area (Å²) in [4.78, 5) is 21.6. The molecule has 0 heterocycles. The standard InChI is InChI=1S/C11H13NO5S/c1-8-3-5-10(6-4-8)18(15,16)17-7-11(14)12-9(2)13/h3-6H,7H2,1-2H3,(H,12,13,14). The number of carbonyl (C=O) groups is 2. The highest BCUT2D eigenvalue weighted by atomic mass is 32.2. The quantitative estimate of drug-likeness (QED) is 0.799. The first-order valence-electron chi connectivity index (χ1n) is 5.08. The van der Waals surface area contributed by atoms with Crippen molar-refractivity contribution in [3.8, 4) is 0 Å². The molecule has 0 aromatic heterocycles. The van der Waals surface area contributed by atoms with Crippen molar-refractivity contribution >= 4 is 21.9 Å². The van der Waals surface area contributed by atoms with Crippen molar-refractivity contribution in [3.63, 3.8) is 0 Å². The first-order chi connectivity index (χ1) is 8.31. The fraction of sp³-hybridized carbons (Fsp3) is 0.273. The fourth-order valence-electron chi connectivity index (χ4n) is 1.14. The van der Waals surface area contributed by atoms with E-state index in [1.807, 2.05) is 12.2 Å². The lowest BCUT2D eigenvalue weighted by molar-refractivity contribution is -0.130. The summed E-state index contributed by atoms with van der Waals surface area (Å²) in [6.45, 7) is 2.24. The maximum Gasteiger partial charge on any atom is 0.297 e. The maximum absolute atomic E-state index is 11.6. The summed E-state index contributed by atoms with van der Waals surface area (Å²) in [5, 5.41) is 1.91. The molecule has 0 saturated heterocycles. The molecule has 0 aliphatic carbocycles. The van der Waals surface area contributed by atoms with Crippen molar-refractivity contribution in [1.29, 1.82) is 0 Å². The predicted octanol–water partition coefficient (Wildman–Crippen LogP) is 0.363. The highest BCUT2D eigenvalue weighted by Gasteiger charge is 2.17. The third-order valence-corrected chi connectivity index (χ3v) is 3.25. The van der Waals surface area contributed by atoms with Crippen LogP contribution in [0.15, 0.2) is 29.2 Å². The summed E-state index contributed by atoms with van der Waals surface area (Å²) in [7, 11) is -3.98. The lowest BCUT2D eigenvalue weighted by Crippen LogP contribution is -2.32. The summed E-state index contributed by atoms with van der Waals surface area (Å²) < 4.78 is 27.8. The van der Waals surface area contributed by atoms with Gasteiger partial charge in [0, 0.05) is 6.92 Å². The Morgan fingerprint density at radius 1 is 1.22 bits per heavy atom. The Morgan fingerprint density at radius 3 is 2.28 bits per heavy atom. The van der Waals surface area contributed by atoms with Crippen molar-refractivity contribution in [3.05, 3.63) is 29.8 Å². The van der Waals surface area contributed by atoms with Gasteiger partial charge in [0.1, 0.15) is 6.61 Å². The summed E-state index contributed by atoms with van der Waals surface area (Å²) >= 11 is 0. The molecule has 0 spiro atoms. The third kappa shape index (κ3) is 4.27. The summed E-state index contributed by atoms with van der Waals surface area (Å²) in [6, 6.07) is 6.00. The molecule has 1 aromatic carbocycles. The van der Waals surface area contributed by atoms with Gasteiger partial charge in [0.05, 0.1) is 4.90 Å². The van der Waals surface area contributed by atoms with E-state index >= 15 is 0 Å². The largest absolute Gasteiger partial charge is 0.297 e. The van der Waals surface area contributed by atoms with Gasteiger partial charge in [-0.1, -0.05) is 17.7 Å². The Morgan fingerprint density at radius 2 is 1.78 bits per heavy atom. The van der Waals surface area contributed by atoms with Crippen LogP contribution in [0.4, 0.5) is 0 Å². The predicted molar refractivity (Wildman–Crippen MR) is 63.1 cm³/mol. The molecule has 1 rings (SSSR count). The van der Waals surface area contributed by atoms with Gasteiger partial charge in [-0.25, -0.2) is 0 Å². The molecule has 0 saturated carbocycles. The van der Waals surface area contributed by atoms with Crippen molar-refractivity contribution in [2.75, 3.05) is 6.61 Å². The van der Waals surface area contributed by atoms with Crippen LogP contribution < -0.4 is 5.32 Å². The van der Waals surface area contributed by atoms with Crippen molar-refractivity contribution in [2.24, 2.45) is 0 Å². The smallest absolute Gasteiger partial charge is 0.295 e. The van der Waals surface area contributed by atoms with Crippen LogP contribution in [-0.4, -0.2) is 26.8 Å². The minimum atomic E-state index is -3.98. The van der Waals surface area contributed by atoms with Gasteiger partial charge in [0.25, 0.3) is 16.0 Å². The minimum Gasteiger partial charge on any atom is -0.295 e. The molecule has 0 fully saturated rings. The molecule has 6 nitrogen and oxygen atoms in total. The van der Waals surface area contributed by atoms with E-state index in [9.17, 15) is 18.0 Å². The molecule has 0 unspecified atom stereocenters. The van der Waals surface area contributed by atoms with Crippen LogP contribution in [0.2, 0.25) is 0 Å². The fourth-order valence-corrected chi connectivity index (χ4v) is 2.00. The van der Waals surface area contributed by atoms with Crippen LogP contribution >= 0.6 is 0 Å². The Hall–Kier alpha value is -1.73. The number of rotatable bonds is 4. The number of hydrogen-bond acceptors (Lipinski definition) is 5. The molecular formula is C11H13NO5S. The van der Waals surface area contributed by atoms with E-state index < -0.39 is 28.5 Å². The molecule has 0 aliphatic heterocycles. The number of amides is 2. The van der Waals surface area contributed by atoms with Gasteiger partial charge in [0.15, 0.2) is 0 Å². The van der Waals surface area contributed by atoms with E-state index in [0.717, 1.165) is 12.5 Å². The SMILES string of the molecule is CC(=O)NC(=O)COS(=O)(=O)c1ccc(C)cc1. The van der Waals surface area contributed by atoms with Crippen molar-refractivity contribution in [1.82, 2.24) is 5.32 Å². The van der Waals surface area contributed by atoms with E-state index in [0.29, 0.717) is 0 Å². The van der Waals surface area contributed by atoms with Crippen molar-refractivity contribution in [2.45, 2.75) is 18.7 Å². The Balaban J connectivity index is 2.68. The van der Waals surface area contributed by atoms with E-state index in [4.69, 9.17) is 0 Å². The van der Waals surface area contributed by atoms with Gasteiger partial charge in [-0.05, 0) is 19.1 Å². The van der Waals surface area contributed by atoms with E-state index in [-0.39, 0.29) is 4.90 Å². The molecule has 2 amide bonds. The second-order valence-electron chi connectivity index (χ2n) is 3.63. The van der Waals surface area contributed by atoms with Crippen molar-refractivity contribution < 1.29 is 22.2 Å². The lowest BCUT2D eigenvalue weighted by atomic mass is 10.2. The lowest BCUT2D eigenvalue weighted by Gasteiger charge is -2.05. The maximum atomic E-state index is 11.6. The second-order valence-corrected chi connectivity index (χ2v) is 5.25. The molecule has 0 bridgehead atoms.